The van der Waals surface area contributed by atoms with Crippen molar-refractivity contribution in [3.63, 3.8) is 0 Å². The number of amides is 2. The smallest absolute Gasteiger partial charge is 0.318 e. The fourth-order valence-corrected chi connectivity index (χ4v) is 3.44. The van der Waals surface area contributed by atoms with E-state index in [1.807, 2.05) is 24.3 Å². The highest BCUT2D eigenvalue weighted by molar-refractivity contribution is 5.74. The Balaban J connectivity index is 1.66. The van der Waals surface area contributed by atoms with Crippen LogP contribution in [0.2, 0.25) is 0 Å². The van der Waals surface area contributed by atoms with Gasteiger partial charge in [-0.25, -0.2) is 13.6 Å². The number of carbonyl (C=O) groups excluding carboxylic acids is 1. The SMILES string of the molecule is CC(C)COc1ccc(CNC(=O)N(Cc2ncccc2F)[C@@H]2CCNC[C@@H]2F)cc1. The molecule has 1 aromatic carbocycles. The van der Waals surface area contributed by atoms with Gasteiger partial charge in [0.1, 0.15) is 17.7 Å². The van der Waals surface area contributed by atoms with Crippen molar-refractivity contribution in [2.75, 3.05) is 19.7 Å². The minimum Gasteiger partial charge on any atom is -0.493 e. The Hall–Kier alpha value is -2.74. The second-order valence-electron chi connectivity index (χ2n) is 8.14. The maximum absolute atomic E-state index is 14.6. The van der Waals surface area contributed by atoms with Gasteiger partial charge in [-0.05, 0) is 48.7 Å². The summed E-state index contributed by atoms with van der Waals surface area (Å²) in [6.07, 6.45) is 0.682. The van der Waals surface area contributed by atoms with Gasteiger partial charge < -0.3 is 20.3 Å². The van der Waals surface area contributed by atoms with Gasteiger partial charge in [0, 0.05) is 19.3 Å². The predicted octanol–water partition coefficient (Wildman–Crippen LogP) is 3.67. The van der Waals surface area contributed by atoms with Crippen LogP contribution in [-0.2, 0) is 13.1 Å². The van der Waals surface area contributed by atoms with E-state index in [9.17, 15) is 13.6 Å². The van der Waals surface area contributed by atoms with E-state index in [2.05, 4.69) is 29.5 Å². The number of halogens is 2. The highest BCUT2D eigenvalue weighted by atomic mass is 19.1. The molecule has 1 aromatic heterocycles. The zero-order valence-corrected chi connectivity index (χ0v) is 18.0. The Morgan fingerprint density at radius 1 is 1.32 bits per heavy atom. The number of benzene rings is 1. The second kappa shape index (κ2) is 11.0. The second-order valence-corrected chi connectivity index (χ2v) is 8.14. The summed E-state index contributed by atoms with van der Waals surface area (Å²) in [4.78, 5) is 18.4. The molecule has 2 aromatic rings. The fraction of sp³-hybridized carbons (Fsp3) is 0.478. The van der Waals surface area contributed by atoms with Crippen LogP contribution in [0.25, 0.3) is 0 Å². The minimum atomic E-state index is -1.23. The number of nitrogens with one attached hydrogen (secondary N) is 2. The van der Waals surface area contributed by atoms with Gasteiger partial charge >= 0.3 is 6.03 Å². The Bertz CT molecular complexity index is 848. The van der Waals surface area contributed by atoms with Gasteiger partial charge in [0.25, 0.3) is 0 Å². The predicted molar refractivity (Wildman–Crippen MR) is 115 cm³/mol. The van der Waals surface area contributed by atoms with Crippen molar-refractivity contribution < 1.29 is 18.3 Å². The van der Waals surface area contributed by atoms with E-state index in [4.69, 9.17) is 4.74 Å². The Morgan fingerprint density at radius 3 is 2.77 bits per heavy atom. The molecule has 1 saturated heterocycles. The Labute approximate surface area is 182 Å². The Morgan fingerprint density at radius 2 is 2.10 bits per heavy atom. The molecule has 1 aliphatic rings. The van der Waals surface area contributed by atoms with Crippen LogP contribution >= 0.6 is 0 Å². The van der Waals surface area contributed by atoms with Crippen LogP contribution in [0.1, 0.15) is 31.5 Å². The number of pyridine rings is 1. The number of piperidine rings is 1. The fourth-order valence-electron chi connectivity index (χ4n) is 3.44. The van der Waals surface area contributed by atoms with Crippen molar-refractivity contribution in [3.05, 3.63) is 59.7 Å². The third kappa shape index (κ3) is 6.62. The molecule has 0 radical (unpaired) electrons. The summed E-state index contributed by atoms with van der Waals surface area (Å²) < 4.78 is 34.4. The molecule has 2 N–H and O–H groups in total. The number of aromatic nitrogens is 1. The number of ether oxygens (including phenoxy) is 1. The number of urea groups is 1. The third-order valence-corrected chi connectivity index (χ3v) is 5.14. The van der Waals surface area contributed by atoms with E-state index in [-0.39, 0.29) is 25.3 Å². The summed E-state index contributed by atoms with van der Waals surface area (Å²) in [5, 5.41) is 5.81. The maximum atomic E-state index is 14.6. The number of hydrogen-bond acceptors (Lipinski definition) is 4. The van der Waals surface area contributed by atoms with Crippen molar-refractivity contribution in [3.8, 4) is 5.75 Å². The van der Waals surface area contributed by atoms with E-state index < -0.39 is 24.1 Å². The molecule has 0 saturated carbocycles. The molecular weight excluding hydrogens is 402 g/mol. The quantitative estimate of drug-likeness (QED) is 0.668. The average molecular weight is 433 g/mol. The first kappa shape index (κ1) is 22.9. The van der Waals surface area contributed by atoms with E-state index in [1.165, 1.54) is 23.2 Å². The van der Waals surface area contributed by atoms with Crippen LogP contribution in [0.15, 0.2) is 42.6 Å². The highest BCUT2D eigenvalue weighted by Gasteiger charge is 2.33. The first-order valence-electron chi connectivity index (χ1n) is 10.6. The lowest BCUT2D eigenvalue weighted by Crippen LogP contribution is -2.55. The molecule has 0 unspecified atom stereocenters. The third-order valence-electron chi connectivity index (χ3n) is 5.14. The van der Waals surface area contributed by atoms with Crippen LogP contribution in [-0.4, -0.2) is 47.8 Å². The summed E-state index contributed by atoms with van der Waals surface area (Å²) in [6, 6.07) is 9.15. The lowest BCUT2D eigenvalue weighted by molar-refractivity contribution is 0.0956. The van der Waals surface area contributed by atoms with Crippen LogP contribution in [0.3, 0.4) is 0 Å². The van der Waals surface area contributed by atoms with Gasteiger partial charge in [-0.2, -0.15) is 0 Å². The van der Waals surface area contributed by atoms with Crippen molar-refractivity contribution in [2.45, 2.75) is 45.6 Å². The van der Waals surface area contributed by atoms with E-state index in [0.717, 1.165) is 11.3 Å². The van der Waals surface area contributed by atoms with Crippen LogP contribution in [0, 0.1) is 11.7 Å². The van der Waals surface area contributed by atoms with Gasteiger partial charge in [0.05, 0.1) is 24.9 Å². The molecule has 2 atom stereocenters. The average Bonchev–Trinajstić information content (AvgIpc) is 2.77. The molecule has 3 rings (SSSR count). The van der Waals surface area contributed by atoms with Crippen molar-refractivity contribution in [1.29, 1.82) is 0 Å². The van der Waals surface area contributed by atoms with Gasteiger partial charge in [-0.15, -0.1) is 0 Å². The topological polar surface area (TPSA) is 66.5 Å². The number of hydrogen-bond donors (Lipinski definition) is 2. The molecule has 0 spiro atoms. The largest absolute Gasteiger partial charge is 0.493 e. The standard InChI is InChI=1S/C23H30F2N4O2/c1-16(2)15-31-18-7-5-17(6-8-18)12-28-23(30)29(22-9-11-26-13-20(22)25)14-21-19(24)4-3-10-27-21/h3-8,10,16,20,22,26H,9,11-15H2,1-2H3,(H,28,30)/t20-,22+/m0/s1. The van der Waals surface area contributed by atoms with Crippen LogP contribution in [0.5, 0.6) is 5.75 Å². The number of rotatable bonds is 8. The normalized spacial score (nSPS) is 18.6. The molecule has 8 heteroatoms. The molecule has 168 valence electrons. The first-order valence-corrected chi connectivity index (χ1v) is 10.6. The van der Waals surface area contributed by atoms with Crippen molar-refractivity contribution >= 4 is 6.03 Å². The molecule has 0 bridgehead atoms. The highest BCUT2D eigenvalue weighted by Crippen LogP contribution is 2.20. The number of nitrogens with zero attached hydrogens (tertiary/aromatic N) is 2. The summed E-state index contributed by atoms with van der Waals surface area (Å²) in [5.41, 5.74) is 1.01. The minimum absolute atomic E-state index is 0.0917. The van der Waals surface area contributed by atoms with Crippen LogP contribution in [0.4, 0.5) is 13.6 Å². The van der Waals surface area contributed by atoms with E-state index in [0.29, 0.717) is 25.5 Å². The summed E-state index contributed by atoms with van der Waals surface area (Å²) in [5.74, 6) is 0.691. The van der Waals surface area contributed by atoms with Gasteiger partial charge in [0.2, 0.25) is 0 Å². The monoisotopic (exact) mass is 432 g/mol. The summed E-state index contributed by atoms with van der Waals surface area (Å²) in [6.45, 7) is 5.73. The van der Waals surface area contributed by atoms with Gasteiger partial charge in [0.15, 0.2) is 0 Å². The maximum Gasteiger partial charge on any atom is 0.318 e. The van der Waals surface area contributed by atoms with E-state index >= 15 is 0 Å². The zero-order valence-electron chi connectivity index (χ0n) is 18.0. The van der Waals surface area contributed by atoms with Crippen LogP contribution < -0.4 is 15.4 Å². The molecule has 2 heterocycles. The first-order chi connectivity index (χ1) is 14.9. The van der Waals surface area contributed by atoms with Crippen molar-refractivity contribution in [2.24, 2.45) is 5.92 Å². The lowest BCUT2D eigenvalue weighted by atomic mass is 10.0. The lowest BCUT2D eigenvalue weighted by Gasteiger charge is -2.36. The molecular formula is C23H30F2N4O2. The van der Waals surface area contributed by atoms with Gasteiger partial charge in [-0.3, -0.25) is 4.98 Å². The summed E-state index contributed by atoms with van der Waals surface area (Å²) >= 11 is 0. The van der Waals surface area contributed by atoms with Crippen molar-refractivity contribution in [1.82, 2.24) is 20.5 Å². The number of alkyl halides is 1. The molecule has 31 heavy (non-hydrogen) atoms. The number of carbonyl (C=O) groups is 1. The molecule has 1 aliphatic heterocycles. The van der Waals surface area contributed by atoms with E-state index in [1.54, 1.807) is 0 Å². The molecule has 0 aliphatic carbocycles. The molecule has 2 amide bonds. The Kier molecular flexibility index (Phi) is 8.17. The molecule has 1 fully saturated rings. The zero-order chi connectivity index (χ0) is 22.2. The molecule has 6 nitrogen and oxygen atoms in total. The van der Waals surface area contributed by atoms with Gasteiger partial charge in [-0.1, -0.05) is 26.0 Å². The summed E-state index contributed by atoms with van der Waals surface area (Å²) in [7, 11) is 0.